The van der Waals surface area contributed by atoms with Crippen LogP contribution in [-0.2, 0) is 0 Å². The number of nitrogens with one attached hydrogen (secondary N) is 2. The summed E-state index contributed by atoms with van der Waals surface area (Å²) >= 11 is 0. The molecule has 3 rings (SSSR count). The van der Waals surface area contributed by atoms with Crippen LogP contribution in [0.2, 0.25) is 0 Å². The molecule has 2 aromatic heterocycles. The Bertz CT molecular complexity index is 935. The molecule has 9 heteroatoms. The van der Waals surface area contributed by atoms with Gasteiger partial charge in [0, 0.05) is 43.1 Å². The van der Waals surface area contributed by atoms with Crippen molar-refractivity contribution in [3.05, 3.63) is 24.5 Å². The molecule has 0 fully saturated rings. The highest BCUT2D eigenvalue weighted by Gasteiger charge is 2.15. The summed E-state index contributed by atoms with van der Waals surface area (Å²) in [6, 6.07) is 5.75. The summed E-state index contributed by atoms with van der Waals surface area (Å²) < 4.78 is 12.7. The lowest BCUT2D eigenvalue weighted by Crippen LogP contribution is -2.09. The van der Waals surface area contributed by atoms with Gasteiger partial charge in [0.2, 0.25) is 5.95 Å². The average molecular weight is 400 g/mol. The third kappa shape index (κ3) is 4.86. The van der Waals surface area contributed by atoms with Crippen LogP contribution in [0.3, 0.4) is 0 Å². The van der Waals surface area contributed by atoms with Crippen LogP contribution in [0.5, 0.6) is 11.5 Å². The Labute approximate surface area is 170 Å². The van der Waals surface area contributed by atoms with Crippen LogP contribution in [0.1, 0.15) is 32.7 Å². The van der Waals surface area contributed by atoms with Crippen molar-refractivity contribution in [2.24, 2.45) is 0 Å². The number of rotatable bonds is 10. The van der Waals surface area contributed by atoms with Crippen LogP contribution < -0.4 is 20.1 Å². The van der Waals surface area contributed by atoms with Crippen LogP contribution in [0, 0.1) is 0 Å². The first-order chi connectivity index (χ1) is 14.0. The number of aromatic nitrogens is 4. The summed E-state index contributed by atoms with van der Waals surface area (Å²) in [6.07, 6.45) is 3.34. The Kier molecular flexibility index (Phi) is 6.71. The van der Waals surface area contributed by atoms with Crippen molar-refractivity contribution in [1.29, 1.82) is 0 Å². The van der Waals surface area contributed by atoms with Gasteiger partial charge in [-0.3, -0.25) is 0 Å². The number of hydrogen-bond donors (Lipinski definition) is 3. The summed E-state index contributed by atoms with van der Waals surface area (Å²) in [5.41, 5.74) is 2.20. The van der Waals surface area contributed by atoms with E-state index in [1.807, 2.05) is 22.8 Å². The molecule has 0 spiro atoms. The number of benzene rings is 1. The minimum atomic E-state index is 0.173. The van der Waals surface area contributed by atoms with Crippen molar-refractivity contribution in [1.82, 2.24) is 19.5 Å². The lowest BCUT2D eigenvalue weighted by atomic mass is 10.2. The summed E-state index contributed by atoms with van der Waals surface area (Å²) in [5, 5.41) is 15.5. The Morgan fingerprint density at radius 3 is 2.41 bits per heavy atom. The number of unbranched alkanes of at least 4 members (excludes halogenated alkanes) is 1. The number of anilines is 3. The summed E-state index contributed by atoms with van der Waals surface area (Å²) in [4.78, 5) is 13.8. The first kappa shape index (κ1) is 20.7. The van der Waals surface area contributed by atoms with Crippen molar-refractivity contribution in [2.45, 2.75) is 32.7 Å². The molecular formula is C20H28N6O3. The number of hydrogen-bond acceptors (Lipinski definition) is 8. The molecule has 0 aliphatic carbocycles. The number of imidazole rings is 1. The van der Waals surface area contributed by atoms with Gasteiger partial charge in [-0.25, -0.2) is 4.98 Å². The third-order valence-corrected chi connectivity index (χ3v) is 4.46. The molecule has 0 unspecified atom stereocenters. The minimum Gasteiger partial charge on any atom is -0.497 e. The average Bonchev–Trinajstić information content (AvgIpc) is 3.15. The lowest BCUT2D eigenvalue weighted by molar-refractivity contribution is 0.286. The predicted octanol–water partition coefficient (Wildman–Crippen LogP) is 3.35. The van der Waals surface area contributed by atoms with E-state index in [1.165, 1.54) is 0 Å². The molecule has 3 aromatic rings. The van der Waals surface area contributed by atoms with Gasteiger partial charge in [0.1, 0.15) is 11.5 Å². The van der Waals surface area contributed by atoms with Crippen LogP contribution >= 0.6 is 0 Å². The normalized spacial score (nSPS) is 11.1. The Balaban J connectivity index is 1.99. The highest BCUT2D eigenvalue weighted by Crippen LogP contribution is 2.30. The molecule has 0 aliphatic heterocycles. The van der Waals surface area contributed by atoms with Crippen LogP contribution in [0.4, 0.5) is 17.5 Å². The zero-order chi connectivity index (χ0) is 20.8. The predicted molar refractivity (Wildman–Crippen MR) is 113 cm³/mol. The maximum Gasteiger partial charge on any atom is 0.226 e. The van der Waals surface area contributed by atoms with Crippen molar-refractivity contribution < 1.29 is 14.6 Å². The van der Waals surface area contributed by atoms with Crippen molar-refractivity contribution in [3.8, 4) is 11.5 Å². The number of methoxy groups -OCH3 is 2. The maximum atomic E-state index is 8.97. The van der Waals surface area contributed by atoms with Gasteiger partial charge in [-0.2, -0.15) is 9.97 Å². The number of aliphatic hydroxyl groups excluding tert-OH is 1. The van der Waals surface area contributed by atoms with E-state index in [2.05, 4.69) is 39.4 Å². The molecule has 1 aromatic carbocycles. The molecule has 156 valence electrons. The van der Waals surface area contributed by atoms with Crippen molar-refractivity contribution in [3.63, 3.8) is 0 Å². The smallest absolute Gasteiger partial charge is 0.226 e. The van der Waals surface area contributed by atoms with Gasteiger partial charge < -0.3 is 29.8 Å². The molecule has 0 amide bonds. The van der Waals surface area contributed by atoms with E-state index in [-0.39, 0.29) is 12.6 Å². The third-order valence-electron chi connectivity index (χ3n) is 4.46. The zero-order valence-corrected chi connectivity index (χ0v) is 17.3. The van der Waals surface area contributed by atoms with Gasteiger partial charge in [-0.1, -0.05) is 0 Å². The number of nitrogens with zero attached hydrogens (tertiary/aromatic N) is 4. The van der Waals surface area contributed by atoms with E-state index in [9.17, 15) is 0 Å². The standard InChI is InChI=1S/C20H28N6O3/c1-13(2)26-12-22-17-18(23-14-9-15(28-3)11-16(10-14)29-4)24-20(25-19(17)26)21-7-5-6-8-27/h9-13,27H,5-8H2,1-4H3,(H2,21,23,24,25). The quantitative estimate of drug-likeness (QED) is 0.445. The SMILES string of the molecule is COc1cc(Nc2nc(NCCCCO)nc3c2ncn3C(C)C)cc(OC)c1. The molecule has 9 nitrogen and oxygen atoms in total. The monoisotopic (exact) mass is 400 g/mol. The maximum absolute atomic E-state index is 8.97. The highest BCUT2D eigenvalue weighted by atomic mass is 16.5. The molecule has 29 heavy (non-hydrogen) atoms. The molecule has 3 N–H and O–H groups in total. The number of aliphatic hydroxyl groups is 1. The van der Waals surface area contributed by atoms with Gasteiger partial charge in [0.25, 0.3) is 0 Å². The fraction of sp³-hybridized carbons (Fsp3) is 0.450. The number of fused-ring (bicyclic) bond motifs is 1. The number of ether oxygens (including phenoxy) is 2. The largest absolute Gasteiger partial charge is 0.497 e. The van der Waals surface area contributed by atoms with Gasteiger partial charge in [0.05, 0.1) is 20.5 Å². The first-order valence-electron chi connectivity index (χ1n) is 9.65. The summed E-state index contributed by atoms with van der Waals surface area (Å²) in [5.74, 6) is 2.45. The molecular weight excluding hydrogens is 372 g/mol. The molecule has 0 saturated carbocycles. The van der Waals surface area contributed by atoms with E-state index >= 15 is 0 Å². The molecule has 0 bridgehead atoms. The van der Waals surface area contributed by atoms with Gasteiger partial charge in [-0.05, 0) is 26.7 Å². The Morgan fingerprint density at radius 1 is 1.07 bits per heavy atom. The molecule has 0 atom stereocenters. The lowest BCUT2D eigenvalue weighted by Gasteiger charge is -2.13. The Hall–Kier alpha value is -3.07. The van der Waals surface area contributed by atoms with Gasteiger partial charge in [0.15, 0.2) is 17.0 Å². The van der Waals surface area contributed by atoms with E-state index in [0.29, 0.717) is 35.3 Å². The topological polar surface area (TPSA) is 106 Å². The second kappa shape index (κ2) is 9.42. The summed E-state index contributed by atoms with van der Waals surface area (Å²) in [7, 11) is 3.22. The van der Waals surface area contributed by atoms with Crippen molar-refractivity contribution in [2.75, 3.05) is 38.0 Å². The molecule has 0 saturated heterocycles. The zero-order valence-electron chi connectivity index (χ0n) is 17.3. The molecule has 0 radical (unpaired) electrons. The van der Waals surface area contributed by atoms with Crippen LogP contribution in [0.15, 0.2) is 24.5 Å². The second-order valence-electron chi connectivity index (χ2n) is 6.90. The van der Waals surface area contributed by atoms with E-state index in [1.54, 1.807) is 20.5 Å². The van der Waals surface area contributed by atoms with E-state index in [4.69, 9.17) is 14.6 Å². The summed E-state index contributed by atoms with van der Waals surface area (Å²) in [6.45, 7) is 5.01. The van der Waals surface area contributed by atoms with Crippen LogP contribution in [0.25, 0.3) is 11.2 Å². The molecule has 2 heterocycles. The van der Waals surface area contributed by atoms with Crippen LogP contribution in [-0.4, -0.2) is 52.0 Å². The fourth-order valence-corrected chi connectivity index (χ4v) is 2.91. The molecule has 0 aliphatic rings. The second-order valence-corrected chi connectivity index (χ2v) is 6.90. The van der Waals surface area contributed by atoms with Gasteiger partial charge in [-0.15, -0.1) is 0 Å². The first-order valence-corrected chi connectivity index (χ1v) is 9.65. The van der Waals surface area contributed by atoms with Crippen molar-refractivity contribution >= 4 is 28.6 Å². The van der Waals surface area contributed by atoms with Gasteiger partial charge >= 0.3 is 0 Å². The van der Waals surface area contributed by atoms with E-state index < -0.39 is 0 Å². The minimum absolute atomic E-state index is 0.173. The highest BCUT2D eigenvalue weighted by molar-refractivity contribution is 5.87. The Morgan fingerprint density at radius 2 is 1.79 bits per heavy atom. The fourth-order valence-electron chi connectivity index (χ4n) is 2.91. The van der Waals surface area contributed by atoms with E-state index in [0.717, 1.165) is 24.2 Å².